The van der Waals surface area contributed by atoms with Gasteiger partial charge in [-0.05, 0) is 13.5 Å². The number of aromatic nitrogens is 1. The van der Waals surface area contributed by atoms with E-state index in [0.29, 0.717) is 23.2 Å². The van der Waals surface area contributed by atoms with Crippen molar-refractivity contribution in [2.24, 2.45) is 0 Å². The van der Waals surface area contributed by atoms with Crippen molar-refractivity contribution in [3.63, 3.8) is 0 Å². The van der Waals surface area contributed by atoms with Crippen molar-refractivity contribution in [3.05, 3.63) is 4.88 Å². The van der Waals surface area contributed by atoms with E-state index in [9.17, 15) is 4.79 Å². The second-order valence-corrected chi connectivity index (χ2v) is 5.86. The maximum absolute atomic E-state index is 12.2. The minimum absolute atomic E-state index is 0.0324. The van der Waals surface area contributed by atoms with E-state index in [1.807, 2.05) is 6.92 Å². The lowest BCUT2D eigenvalue weighted by molar-refractivity contribution is -0.0245. The predicted molar refractivity (Wildman–Crippen MR) is 84.9 cm³/mol. The number of thiazole rings is 1. The van der Waals surface area contributed by atoms with Crippen molar-refractivity contribution in [1.82, 2.24) is 15.2 Å². The number of carbonyl (C=O) groups excluding carboxylic acids is 1. The molecule has 118 valence electrons. The maximum Gasteiger partial charge on any atom is 0.265 e. The molecular formula is C13H23N5O2S. The first-order valence-electron chi connectivity index (χ1n) is 7.26. The lowest BCUT2D eigenvalue weighted by Gasteiger charge is -2.32. The molecule has 2 heterocycles. The Labute approximate surface area is 128 Å². The van der Waals surface area contributed by atoms with Crippen LogP contribution in [0.15, 0.2) is 0 Å². The number of morpholine rings is 1. The van der Waals surface area contributed by atoms with Gasteiger partial charge < -0.3 is 21.1 Å². The van der Waals surface area contributed by atoms with Gasteiger partial charge in [-0.25, -0.2) is 4.98 Å². The Morgan fingerprint density at radius 2 is 2.38 bits per heavy atom. The van der Waals surface area contributed by atoms with Gasteiger partial charge in [0.15, 0.2) is 5.13 Å². The van der Waals surface area contributed by atoms with Gasteiger partial charge in [0.2, 0.25) is 0 Å². The Balaban J connectivity index is 1.86. The van der Waals surface area contributed by atoms with Crippen LogP contribution in [0.1, 0.15) is 23.5 Å². The summed E-state index contributed by atoms with van der Waals surface area (Å²) >= 11 is 1.27. The van der Waals surface area contributed by atoms with E-state index in [1.165, 1.54) is 11.3 Å². The molecule has 1 aliphatic heterocycles. The number of rotatable bonds is 6. The zero-order valence-corrected chi connectivity index (χ0v) is 13.3. The SMILES string of the molecule is CCNc1nc(N)c(C(=O)NCC2CN(CC)CCO2)s1. The molecule has 1 aromatic heterocycles. The van der Waals surface area contributed by atoms with E-state index >= 15 is 0 Å². The van der Waals surface area contributed by atoms with Crippen molar-refractivity contribution in [3.8, 4) is 0 Å². The normalized spacial score (nSPS) is 19.4. The lowest BCUT2D eigenvalue weighted by atomic mass is 10.2. The zero-order valence-electron chi connectivity index (χ0n) is 12.5. The van der Waals surface area contributed by atoms with Gasteiger partial charge >= 0.3 is 0 Å². The van der Waals surface area contributed by atoms with Crippen LogP contribution in [0.25, 0.3) is 0 Å². The molecule has 0 aromatic carbocycles. The van der Waals surface area contributed by atoms with E-state index < -0.39 is 0 Å². The summed E-state index contributed by atoms with van der Waals surface area (Å²) in [5.41, 5.74) is 5.78. The van der Waals surface area contributed by atoms with Gasteiger partial charge in [0.1, 0.15) is 10.7 Å². The van der Waals surface area contributed by atoms with Crippen molar-refractivity contribution < 1.29 is 9.53 Å². The molecule has 0 spiro atoms. The van der Waals surface area contributed by atoms with Crippen LogP contribution >= 0.6 is 11.3 Å². The molecule has 4 N–H and O–H groups in total. The van der Waals surface area contributed by atoms with E-state index in [1.54, 1.807) is 0 Å². The highest BCUT2D eigenvalue weighted by Crippen LogP contribution is 2.24. The van der Waals surface area contributed by atoms with Crippen LogP contribution in [0.3, 0.4) is 0 Å². The van der Waals surface area contributed by atoms with Crippen LogP contribution in [-0.2, 0) is 4.74 Å². The fourth-order valence-corrected chi connectivity index (χ4v) is 3.07. The van der Waals surface area contributed by atoms with E-state index in [2.05, 4.69) is 27.4 Å². The molecule has 0 radical (unpaired) electrons. The molecule has 1 unspecified atom stereocenters. The Morgan fingerprint density at radius 3 is 3.10 bits per heavy atom. The average Bonchev–Trinajstić information content (AvgIpc) is 2.86. The molecule has 21 heavy (non-hydrogen) atoms. The van der Waals surface area contributed by atoms with Crippen LogP contribution in [0.5, 0.6) is 0 Å². The fourth-order valence-electron chi connectivity index (χ4n) is 2.20. The Bertz CT molecular complexity index is 479. The molecule has 0 aliphatic carbocycles. The highest BCUT2D eigenvalue weighted by Gasteiger charge is 2.21. The Morgan fingerprint density at radius 1 is 1.57 bits per heavy atom. The molecule has 1 saturated heterocycles. The van der Waals surface area contributed by atoms with Crippen molar-refractivity contribution in [2.45, 2.75) is 20.0 Å². The van der Waals surface area contributed by atoms with Crippen LogP contribution < -0.4 is 16.4 Å². The Hall–Kier alpha value is -1.38. The van der Waals surface area contributed by atoms with Crippen LogP contribution in [0.4, 0.5) is 10.9 Å². The number of nitrogen functional groups attached to an aromatic ring is 1. The number of amides is 1. The van der Waals surface area contributed by atoms with Crippen molar-refractivity contribution in [2.75, 3.05) is 50.4 Å². The molecule has 2 rings (SSSR count). The first-order valence-corrected chi connectivity index (χ1v) is 8.08. The molecule has 7 nitrogen and oxygen atoms in total. The summed E-state index contributed by atoms with van der Waals surface area (Å²) in [5, 5.41) is 6.61. The highest BCUT2D eigenvalue weighted by atomic mass is 32.1. The van der Waals surface area contributed by atoms with Crippen molar-refractivity contribution >= 4 is 28.2 Å². The Kier molecular flexibility index (Phi) is 5.77. The summed E-state index contributed by atoms with van der Waals surface area (Å²) in [4.78, 5) is 19.0. The molecule has 1 aliphatic rings. The number of hydrogen-bond acceptors (Lipinski definition) is 7. The molecule has 0 bridgehead atoms. The number of carbonyl (C=O) groups is 1. The third kappa shape index (κ3) is 4.29. The topological polar surface area (TPSA) is 92.5 Å². The van der Waals surface area contributed by atoms with Gasteiger partial charge in [-0.1, -0.05) is 18.3 Å². The number of nitrogens with two attached hydrogens (primary N) is 1. The summed E-state index contributed by atoms with van der Waals surface area (Å²) in [6.45, 7) is 8.84. The minimum Gasteiger partial charge on any atom is -0.382 e. The number of nitrogens with one attached hydrogen (secondary N) is 2. The molecule has 1 fully saturated rings. The van der Waals surface area contributed by atoms with Crippen LogP contribution in [0, 0.1) is 0 Å². The largest absolute Gasteiger partial charge is 0.382 e. The quantitative estimate of drug-likeness (QED) is 0.712. The number of nitrogens with zero attached hydrogens (tertiary/aromatic N) is 2. The first-order chi connectivity index (χ1) is 10.1. The summed E-state index contributed by atoms with van der Waals surface area (Å²) in [5.74, 6) is 0.0829. The first kappa shape index (κ1) is 16.0. The van der Waals surface area contributed by atoms with Gasteiger partial charge in [-0.3, -0.25) is 9.69 Å². The summed E-state index contributed by atoms with van der Waals surface area (Å²) in [6, 6.07) is 0. The van der Waals surface area contributed by atoms with Gasteiger partial charge in [0.05, 0.1) is 12.7 Å². The number of ether oxygens (including phenoxy) is 1. The number of likely N-dealkylation sites (N-methyl/N-ethyl adjacent to an activating group) is 1. The third-order valence-corrected chi connectivity index (χ3v) is 4.38. The van der Waals surface area contributed by atoms with Gasteiger partial charge in [0.25, 0.3) is 5.91 Å². The molecule has 8 heteroatoms. The number of anilines is 2. The summed E-state index contributed by atoms with van der Waals surface area (Å²) in [7, 11) is 0. The monoisotopic (exact) mass is 313 g/mol. The predicted octanol–water partition coefficient (Wildman–Crippen LogP) is 0.608. The standard InChI is InChI=1S/C13H23N5O2S/c1-3-15-13-17-11(14)10(21-13)12(19)16-7-9-8-18(4-2)5-6-20-9/h9H,3-8,14H2,1-2H3,(H,15,17)(H,16,19). The van der Waals surface area contributed by atoms with E-state index in [4.69, 9.17) is 10.5 Å². The van der Waals surface area contributed by atoms with Gasteiger partial charge in [-0.2, -0.15) is 0 Å². The maximum atomic E-state index is 12.2. The third-order valence-electron chi connectivity index (χ3n) is 3.35. The molecule has 1 aromatic rings. The summed E-state index contributed by atoms with van der Waals surface area (Å²) < 4.78 is 5.66. The highest BCUT2D eigenvalue weighted by molar-refractivity contribution is 7.18. The van der Waals surface area contributed by atoms with E-state index in [0.717, 1.165) is 26.2 Å². The van der Waals surface area contributed by atoms with E-state index in [-0.39, 0.29) is 17.8 Å². The van der Waals surface area contributed by atoms with Gasteiger partial charge in [-0.15, -0.1) is 0 Å². The number of hydrogen-bond donors (Lipinski definition) is 3. The molecular weight excluding hydrogens is 290 g/mol. The second kappa shape index (κ2) is 7.58. The zero-order chi connectivity index (χ0) is 15.2. The van der Waals surface area contributed by atoms with Crippen LogP contribution in [0.2, 0.25) is 0 Å². The average molecular weight is 313 g/mol. The second-order valence-electron chi connectivity index (χ2n) is 4.86. The minimum atomic E-state index is -0.189. The van der Waals surface area contributed by atoms with Crippen LogP contribution in [-0.4, -0.2) is 61.2 Å². The molecule has 1 atom stereocenters. The molecule has 0 saturated carbocycles. The lowest BCUT2D eigenvalue weighted by Crippen LogP contribution is -2.47. The molecule has 1 amide bonds. The fraction of sp³-hybridized carbons (Fsp3) is 0.692. The van der Waals surface area contributed by atoms with Gasteiger partial charge in [0, 0.05) is 26.2 Å². The van der Waals surface area contributed by atoms with Crippen molar-refractivity contribution in [1.29, 1.82) is 0 Å². The smallest absolute Gasteiger partial charge is 0.265 e. The summed E-state index contributed by atoms with van der Waals surface area (Å²) in [6.07, 6.45) is 0.0324.